The third-order valence-corrected chi connectivity index (χ3v) is 5.88. The molecule has 6 nitrogen and oxygen atoms in total. The van der Waals surface area contributed by atoms with E-state index >= 15 is 0 Å². The van der Waals surface area contributed by atoms with Gasteiger partial charge < -0.3 is 9.80 Å². The van der Waals surface area contributed by atoms with Crippen molar-refractivity contribution < 1.29 is 13.9 Å². The van der Waals surface area contributed by atoms with Crippen molar-refractivity contribution >= 4 is 22.4 Å². The average Bonchev–Trinajstić information content (AvgIpc) is 3.14. The number of quaternary nitrogens is 1. The van der Waals surface area contributed by atoms with Gasteiger partial charge in [0.2, 0.25) is 5.82 Å². The van der Waals surface area contributed by atoms with Crippen molar-refractivity contribution in [1.29, 1.82) is 0 Å². The van der Waals surface area contributed by atoms with E-state index in [0.717, 1.165) is 49.4 Å². The molecule has 2 aliphatic rings. The van der Waals surface area contributed by atoms with Crippen molar-refractivity contribution in [2.24, 2.45) is 0 Å². The summed E-state index contributed by atoms with van der Waals surface area (Å²) >= 11 is 0. The second kappa shape index (κ2) is 6.91. The zero-order valence-electron chi connectivity index (χ0n) is 15.6. The van der Waals surface area contributed by atoms with Gasteiger partial charge in [-0.25, -0.2) is 14.2 Å². The molecule has 0 radical (unpaired) electrons. The van der Waals surface area contributed by atoms with Gasteiger partial charge in [0.15, 0.2) is 6.04 Å². The average molecular weight is 381 g/mol. The first-order valence-electron chi connectivity index (χ1n) is 9.83. The normalized spacial score (nSPS) is 19.6. The fourth-order valence-electron chi connectivity index (χ4n) is 4.46. The lowest BCUT2D eigenvalue weighted by Crippen LogP contribution is -3.16. The molecule has 3 heterocycles. The first-order valence-corrected chi connectivity index (χ1v) is 9.83. The first kappa shape index (κ1) is 17.2. The van der Waals surface area contributed by atoms with E-state index in [0.29, 0.717) is 12.2 Å². The molecule has 144 valence electrons. The number of rotatable bonds is 3. The van der Waals surface area contributed by atoms with E-state index in [-0.39, 0.29) is 17.5 Å². The molecule has 2 aliphatic heterocycles. The number of piperazine rings is 1. The molecule has 2 aromatic carbocycles. The third-order valence-electron chi connectivity index (χ3n) is 5.88. The Labute approximate surface area is 162 Å². The quantitative estimate of drug-likeness (QED) is 0.567. The lowest BCUT2D eigenvalue weighted by Gasteiger charge is -2.34. The number of halogens is 1. The summed E-state index contributed by atoms with van der Waals surface area (Å²) in [6.45, 7) is 5.23. The summed E-state index contributed by atoms with van der Waals surface area (Å²) in [6, 6.07) is 15.1. The Hall–Kier alpha value is -2.93. The lowest BCUT2D eigenvalue weighted by atomic mass is 10.2. The van der Waals surface area contributed by atoms with Gasteiger partial charge in [-0.15, -0.1) is 0 Å². The van der Waals surface area contributed by atoms with Crippen LogP contribution in [0.15, 0.2) is 53.3 Å². The van der Waals surface area contributed by atoms with Crippen LogP contribution in [0.3, 0.4) is 0 Å². The molecule has 0 spiro atoms. The molecule has 1 fully saturated rings. The van der Waals surface area contributed by atoms with Crippen molar-refractivity contribution in [2.75, 3.05) is 42.9 Å². The molecule has 5 rings (SSSR count). The van der Waals surface area contributed by atoms with Crippen molar-refractivity contribution in [3.63, 3.8) is 0 Å². The Balaban J connectivity index is 1.26. The maximum atomic E-state index is 14.0. The van der Waals surface area contributed by atoms with Gasteiger partial charge in [-0.05, 0) is 24.3 Å². The largest absolute Gasteiger partial charge is 0.441 e. The number of anilines is 2. The van der Waals surface area contributed by atoms with E-state index < -0.39 is 0 Å². The highest BCUT2D eigenvalue weighted by Crippen LogP contribution is 2.20. The van der Waals surface area contributed by atoms with Gasteiger partial charge in [0.05, 0.1) is 37.3 Å². The molecule has 0 bridgehead atoms. The van der Waals surface area contributed by atoms with Crippen LogP contribution in [-0.2, 0) is 6.54 Å². The Kier molecular flexibility index (Phi) is 4.24. The van der Waals surface area contributed by atoms with Crippen molar-refractivity contribution in [2.45, 2.75) is 12.6 Å². The number of nitrogens with one attached hydrogen (secondary N) is 3. The van der Waals surface area contributed by atoms with Gasteiger partial charge in [-0.3, -0.25) is 5.32 Å². The minimum atomic E-state index is -0.152. The van der Waals surface area contributed by atoms with Gasteiger partial charge in [-0.1, -0.05) is 24.3 Å². The Morgan fingerprint density at radius 2 is 1.86 bits per heavy atom. The lowest BCUT2D eigenvalue weighted by molar-refractivity contribution is -0.902. The third kappa shape index (κ3) is 3.01. The van der Waals surface area contributed by atoms with Crippen molar-refractivity contribution in [3.8, 4) is 0 Å². The van der Waals surface area contributed by atoms with Crippen LogP contribution in [0.1, 0.15) is 0 Å². The Morgan fingerprint density at radius 1 is 1.11 bits per heavy atom. The topological polar surface area (TPSA) is 56.5 Å². The van der Waals surface area contributed by atoms with Crippen LogP contribution >= 0.6 is 0 Å². The zero-order valence-corrected chi connectivity index (χ0v) is 15.6. The zero-order chi connectivity index (χ0) is 19.1. The fraction of sp³-hybridized carbons (Fsp3) is 0.333. The highest BCUT2D eigenvalue weighted by molar-refractivity contribution is 5.87. The van der Waals surface area contributed by atoms with Crippen LogP contribution < -0.4 is 25.4 Å². The second-order valence-corrected chi connectivity index (χ2v) is 7.67. The van der Waals surface area contributed by atoms with Crippen LogP contribution in [0, 0.1) is 5.82 Å². The maximum absolute atomic E-state index is 14.0. The molecule has 0 saturated carbocycles. The van der Waals surface area contributed by atoms with Gasteiger partial charge in [0.1, 0.15) is 24.4 Å². The Morgan fingerprint density at radius 3 is 2.68 bits per heavy atom. The van der Waals surface area contributed by atoms with Crippen LogP contribution in [0.4, 0.5) is 15.9 Å². The number of benzene rings is 2. The van der Waals surface area contributed by atoms with Crippen molar-refractivity contribution in [3.05, 3.63) is 64.8 Å². The number of aromatic amines is 1. The number of H-pyrrole nitrogens is 1. The molecule has 0 amide bonds. The molecule has 0 unspecified atom stereocenters. The number of para-hydroxylation sites is 2. The predicted molar refractivity (Wildman–Crippen MR) is 106 cm³/mol. The summed E-state index contributed by atoms with van der Waals surface area (Å²) in [5, 5.41) is 4.61. The molecule has 28 heavy (non-hydrogen) atoms. The molecule has 1 saturated heterocycles. The number of aromatic nitrogens is 2. The minimum Gasteiger partial charge on any atom is -0.358 e. The van der Waals surface area contributed by atoms with Gasteiger partial charge in [0.25, 0.3) is 0 Å². The van der Waals surface area contributed by atoms with Crippen LogP contribution in [0.25, 0.3) is 10.9 Å². The molecular formula is C21H24FN5O+2. The number of hydrogen-bond acceptors (Lipinski definition) is 3. The summed E-state index contributed by atoms with van der Waals surface area (Å²) in [6.07, 6.45) is 0. The molecule has 1 aromatic heterocycles. The fourth-order valence-corrected chi connectivity index (χ4v) is 4.46. The van der Waals surface area contributed by atoms with Crippen molar-refractivity contribution in [1.82, 2.24) is 4.98 Å². The van der Waals surface area contributed by atoms with E-state index in [4.69, 9.17) is 0 Å². The Bertz CT molecular complexity index is 1070. The van der Waals surface area contributed by atoms with E-state index in [2.05, 4.69) is 15.2 Å². The maximum Gasteiger partial charge on any atom is 0.441 e. The first-order chi connectivity index (χ1) is 13.7. The van der Waals surface area contributed by atoms with Crippen LogP contribution in [-0.4, -0.2) is 43.7 Å². The van der Waals surface area contributed by atoms with E-state index in [1.54, 1.807) is 6.07 Å². The smallest absolute Gasteiger partial charge is 0.358 e. The summed E-state index contributed by atoms with van der Waals surface area (Å²) in [5.74, 6) is 0.759. The molecule has 7 heteroatoms. The summed E-state index contributed by atoms with van der Waals surface area (Å²) in [5.41, 5.74) is 1.49. The van der Waals surface area contributed by atoms with Gasteiger partial charge in [-0.2, -0.15) is 4.57 Å². The minimum absolute atomic E-state index is 0.0666. The van der Waals surface area contributed by atoms with E-state index in [9.17, 15) is 9.18 Å². The summed E-state index contributed by atoms with van der Waals surface area (Å²) in [7, 11) is 0. The standard InChI is InChI=1S/C21H22FN5O/c22-17-6-2-4-8-19(17)26-11-9-25(10-12-26)13-15-14-27-20(23-15)16-5-1-3-7-18(16)24-21(27)28/h1-8,15H,9-14H2,(H,23,24,28)/p+2/t15-/m0/s1. The molecule has 3 aromatic rings. The summed E-state index contributed by atoms with van der Waals surface area (Å²) in [4.78, 5) is 19.0. The second-order valence-electron chi connectivity index (χ2n) is 7.67. The molecule has 0 aliphatic carbocycles. The van der Waals surface area contributed by atoms with Gasteiger partial charge in [0, 0.05) is 0 Å². The highest BCUT2D eigenvalue weighted by Gasteiger charge is 2.34. The molecule has 3 N–H and O–H groups in total. The number of fused-ring (bicyclic) bond motifs is 3. The van der Waals surface area contributed by atoms with E-state index in [1.165, 1.54) is 11.0 Å². The SMILES string of the molecule is O=c1[nH]c2ccccc2c2[n+]1C[C@H](C[NH+]1CCN(c3ccccc3F)CC1)N2. The number of nitrogens with zero attached hydrogens (tertiary/aromatic N) is 2. The predicted octanol–water partition coefficient (Wildman–Crippen LogP) is 0.154. The number of hydrogen-bond donors (Lipinski definition) is 3. The molecule has 1 atom stereocenters. The van der Waals surface area contributed by atoms with Gasteiger partial charge >= 0.3 is 5.69 Å². The monoisotopic (exact) mass is 381 g/mol. The highest BCUT2D eigenvalue weighted by atomic mass is 19.1. The van der Waals surface area contributed by atoms with Crippen LogP contribution in [0.2, 0.25) is 0 Å². The van der Waals surface area contributed by atoms with E-state index in [1.807, 2.05) is 41.0 Å². The van der Waals surface area contributed by atoms with Crippen LogP contribution in [0.5, 0.6) is 0 Å². The molecular weight excluding hydrogens is 357 g/mol. The summed E-state index contributed by atoms with van der Waals surface area (Å²) < 4.78 is 15.8.